The van der Waals surface area contributed by atoms with E-state index in [1.54, 1.807) is 13.0 Å². The fourth-order valence-electron chi connectivity index (χ4n) is 1.75. The second-order valence-electron chi connectivity index (χ2n) is 5.53. The van der Waals surface area contributed by atoms with E-state index in [1.165, 1.54) is 6.08 Å². The fourth-order valence-corrected chi connectivity index (χ4v) is 2.91. The van der Waals surface area contributed by atoms with E-state index in [1.807, 2.05) is 56.0 Å². The van der Waals surface area contributed by atoms with Crippen LogP contribution in [0.25, 0.3) is 6.08 Å². The fraction of sp³-hybridized carbons (Fsp3) is 0.375. The molecule has 0 aliphatic carbocycles. The monoisotopic (exact) mass is 303 g/mol. The molecule has 1 rings (SSSR count). The molecule has 0 heterocycles. The summed E-state index contributed by atoms with van der Waals surface area (Å²) in [6, 6.07) is 11.4. The van der Waals surface area contributed by atoms with E-state index in [9.17, 15) is 10.1 Å². The number of hydrogen-bond donors (Lipinski definition) is 0. The number of ether oxygens (including phenoxy) is 1. The number of carbonyl (C=O) groups excluding carboxylic acids is 1. The SMILES string of the molecule is CCOC(=O)C(C#N)(/C=C/c1ccccc1)O[Si](C)(C)C. The molecule has 112 valence electrons. The summed E-state index contributed by atoms with van der Waals surface area (Å²) in [7, 11) is -2.12. The summed E-state index contributed by atoms with van der Waals surface area (Å²) in [5.74, 6) is -0.665. The van der Waals surface area contributed by atoms with Crippen LogP contribution in [0.15, 0.2) is 36.4 Å². The zero-order chi connectivity index (χ0) is 15.9. The summed E-state index contributed by atoms with van der Waals surface area (Å²) >= 11 is 0. The number of carbonyl (C=O) groups is 1. The Morgan fingerprint density at radius 1 is 1.33 bits per heavy atom. The molecule has 0 spiro atoms. The van der Waals surface area contributed by atoms with Gasteiger partial charge in [-0.05, 0) is 38.2 Å². The molecular formula is C16H21NO3Si. The van der Waals surface area contributed by atoms with Gasteiger partial charge < -0.3 is 9.16 Å². The van der Waals surface area contributed by atoms with Crippen LogP contribution in [0.4, 0.5) is 0 Å². The Hall–Kier alpha value is -1.90. The summed E-state index contributed by atoms with van der Waals surface area (Å²) in [4.78, 5) is 12.2. The molecule has 0 N–H and O–H groups in total. The lowest BCUT2D eigenvalue weighted by molar-refractivity contribution is -0.154. The molecule has 1 aromatic carbocycles. The van der Waals surface area contributed by atoms with E-state index in [-0.39, 0.29) is 6.61 Å². The summed E-state index contributed by atoms with van der Waals surface area (Å²) in [6.07, 6.45) is 3.19. The molecule has 0 saturated carbocycles. The minimum absolute atomic E-state index is 0.205. The van der Waals surface area contributed by atoms with Crippen LogP contribution in [0.3, 0.4) is 0 Å². The van der Waals surface area contributed by atoms with Crippen molar-refractivity contribution in [1.29, 1.82) is 5.26 Å². The normalized spacial score (nSPS) is 14.4. The van der Waals surface area contributed by atoms with E-state index < -0.39 is 19.9 Å². The molecule has 4 nitrogen and oxygen atoms in total. The molecule has 21 heavy (non-hydrogen) atoms. The molecule has 0 fully saturated rings. The lowest BCUT2D eigenvalue weighted by Gasteiger charge is -2.29. The average Bonchev–Trinajstić information content (AvgIpc) is 2.43. The van der Waals surface area contributed by atoms with Crippen LogP contribution in [-0.2, 0) is 14.0 Å². The summed E-state index contributed by atoms with van der Waals surface area (Å²) in [5.41, 5.74) is -0.795. The maximum Gasteiger partial charge on any atom is 0.356 e. The van der Waals surface area contributed by atoms with Crippen LogP contribution in [-0.4, -0.2) is 26.5 Å². The highest BCUT2D eigenvalue weighted by Crippen LogP contribution is 2.22. The Morgan fingerprint density at radius 3 is 2.43 bits per heavy atom. The van der Waals surface area contributed by atoms with E-state index in [2.05, 4.69) is 0 Å². The van der Waals surface area contributed by atoms with Crippen LogP contribution >= 0.6 is 0 Å². The zero-order valence-corrected chi connectivity index (χ0v) is 13.9. The minimum atomic E-state index is -2.12. The first-order chi connectivity index (χ1) is 9.83. The third-order valence-corrected chi connectivity index (χ3v) is 3.46. The maximum atomic E-state index is 12.2. The van der Waals surface area contributed by atoms with Crippen molar-refractivity contribution in [3.05, 3.63) is 42.0 Å². The number of benzene rings is 1. The molecule has 0 amide bonds. The van der Waals surface area contributed by atoms with Gasteiger partial charge in [0.15, 0.2) is 8.32 Å². The Morgan fingerprint density at radius 2 is 1.95 bits per heavy atom. The Labute approximate surface area is 127 Å². The van der Waals surface area contributed by atoms with Gasteiger partial charge in [0.2, 0.25) is 0 Å². The number of hydrogen-bond acceptors (Lipinski definition) is 4. The maximum absolute atomic E-state index is 12.2. The number of rotatable bonds is 6. The first-order valence-corrected chi connectivity index (χ1v) is 10.3. The van der Waals surface area contributed by atoms with Gasteiger partial charge in [-0.2, -0.15) is 5.26 Å². The molecule has 1 aromatic rings. The molecule has 0 saturated heterocycles. The largest absolute Gasteiger partial charge is 0.463 e. The van der Waals surface area contributed by atoms with E-state index in [4.69, 9.17) is 9.16 Å². The zero-order valence-electron chi connectivity index (χ0n) is 12.9. The van der Waals surface area contributed by atoms with Crippen molar-refractivity contribution < 1.29 is 14.0 Å². The van der Waals surface area contributed by atoms with Gasteiger partial charge in [-0.1, -0.05) is 36.4 Å². The van der Waals surface area contributed by atoms with Crippen LogP contribution in [0.1, 0.15) is 12.5 Å². The topological polar surface area (TPSA) is 59.3 Å². The highest BCUT2D eigenvalue weighted by atomic mass is 28.4. The summed E-state index contributed by atoms with van der Waals surface area (Å²) in [5, 5.41) is 9.51. The van der Waals surface area contributed by atoms with Crippen molar-refractivity contribution in [3.63, 3.8) is 0 Å². The first-order valence-electron chi connectivity index (χ1n) is 6.86. The van der Waals surface area contributed by atoms with Crippen LogP contribution < -0.4 is 0 Å². The predicted octanol–water partition coefficient (Wildman–Crippen LogP) is 3.38. The van der Waals surface area contributed by atoms with Crippen LogP contribution in [0.2, 0.25) is 19.6 Å². The standard InChI is InChI=1S/C16H21NO3Si/c1-5-19-15(18)16(13-17,20-21(2,3)4)12-11-14-9-7-6-8-10-14/h6-12H,5H2,1-4H3/b12-11+. The molecule has 0 aromatic heterocycles. The van der Waals surface area contributed by atoms with Crippen molar-refractivity contribution in [1.82, 2.24) is 0 Å². The smallest absolute Gasteiger partial charge is 0.356 e. The number of nitrogens with zero attached hydrogens (tertiary/aromatic N) is 1. The quantitative estimate of drug-likeness (QED) is 0.597. The van der Waals surface area contributed by atoms with Crippen molar-refractivity contribution in [2.24, 2.45) is 0 Å². The Balaban J connectivity index is 3.15. The molecule has 1 atom stereocenters. The van der Waals surface area contributed by atoms with E-state index in [0.29, 0.717) is 0 Å². The van der Waals surface area contributed by atoms with E-state index >= 15 is 0 Å². The van der Waals surface area contributed by atoms with Gasteiger partial charge in [0.05, 0.1) is 6.61 Å². The third-order valence-electron chi connectivity index (χ3n) is 2.52. The number of esters is 1. The van der Waals surface area contributed by atoms with E-state index in [0.717, 1.165) is 5.56 Å². The molecule has 0 aliphatic heterocycles. The van der Waals surface area contributed by atoms with Gasteiger partial charge in [0, 0.05) is 0 Å². The molecule has 1 unspecified atom stereocenters. The summed E-state index contributed by atoms with van der Waals surface area (Å²) < 4.78 is 10.8. The lowest BCUT2D eigenvalue weighted by atomic mass is 10.0. The Kier molecular flexibility index (Phi) is 5.88. The van der Waals surface area contributed by atoms with Crippen molar-refractivity contribution in [3.8, 4) is 6.07 Å². The van der Waals surface area contributed by atoms with Crippen molar-refractivity contribution in [2.45, 2.75) is 32.2 Å². The van der Waals surface area contributed by atoms with Gasteiger partial charge in [-0.15, -0.1) is 0 Å². The first kappa shape index (κ1) is 17.1. The minimum Gasteiger partial charge on any atom is -0.463 e. The lowest BCUT2D eigenvalue weighted by Crippen LogP contribution is -2.47. The molecular weight excluding hydrogens is 282 g/mol. The second-order valence-corrected chi connectivity index (χ2v) is 9.96. The number of nitriles is 1. The summed E-state index contributed by atoms with van der Waals surface area (Å²) in [6.45, 7) is 7.68. The van der Waals surface area contributed by atoms with Crippen LogP contribution in [0.5, 0.6) is 0 Å². The second kappa shape index (κ2) is 7.20. The highest BCUT2D eigenvalue weighted by molar-refractivity contribution is 6.70. The van der Waals surface area contributed by atoms with Gasteiger partial charge in [0.1, 0.15) is 6.07 Å². The van der Waals surface area contributed by atoms with Crippen molar-refractivity contribution in [2.75, 3.05) is 6.61 Å². The average molecular weight is 303 g/mol. The molecule has 0 radical (unpaired) electrons. The molecule has 0 bridgehead atoms. The van der Waals surface area contributed by atoms with Crippen LogP contribution in [0, 0.1) is 11.3 Å². The Bertz CT molecular complexity index is 543. The third kappa shape index (κ3) is 5.18. The van der Waals surface area contributed by atoms with Gasteiger partial charge in [0.25, 0.3) is 5.60 Å². The molecule has 5 heteroatoms. The van der Waals surface area contributed by atoms with Gasteiger partial charge in [-0.25, -0.2) is 4.79 Å². The molecule has 0 aliphatic rings. The van der Waals surface area contributed by atoms with Gasteiger partial charge >= 0.3 is 5.97 Å². The predicted molar refractivity (Wildman–Crippen MR) is 84.9 cm³/mol. The highest BCUT2D eigenvalue weighted by Gasteiger charge is 2.43. The van der Waals surface area contributed by atoms with Crippen molar-refractivity contribution >= 4 is 20.4 Å². The van der Waals surface area contributed by atoms with Gasteiger partial charge in [-0.3, -0.25) is 0 Å².